The molecule has 0 aliphatic carbocycles. The molecule has 0 unspecified atom stereocenters. The lowest BCUT2D eigenvalue weighted by Gasteiger charge is -2.07. The van der Waals surface area contributed by atoms with E-state index < -0.39 is 0 Å². The van der Waals surface area contributed by atoms with Crippen molar-refractivity contribution in [3.63, 3.8) is 0 Å². The first-order valence-corrected chi connectivity index (χ1v) is 5.80. The third-order valence-electron chi connectivity index (χ3n) is 1.76. The summed E-state index contributed by atoms with van der Waals surface area (Å²) in [6.07, 6.45) is 0. The van der Waals surface area contributed by atoms with Crippen LogP contribution < -0.4 is 10.1 Å². The van der Waals surface area contributed by atoms with Crippen molar-refractivity contribution in [3.05, 3.63) is 27.7 Å². The normalized spacial score (nSPS) is 10.2. The van der Waals surface area contributed by atoms with Crippen molar-refractivity contribution in [2.45, 2.75) is 6.92 Å². The predicted molar refractivity (Wildman–Crippen MR) is 62.0 cm³/mol. The molecule has 1 aromatic carbocycles. The van der Waals surface area contributed by atoms with E-state index >= 15 is 0 Å². The van der Waals surface area contributed by atoms with Crippen LogP contribution in [0, 0.1) is 0 Å². The smallest absolute Gasteiger partial charge is 0.137 e. The minimum absolute atomic E-state index is 0.712. The Bertz CT molecular complexity index is 293. The Morgan fingerprint density at radius 3 is 2.93 bits per heavy atom. The molecule has 0 radical (unpaired) electrons. The average molecular weight is 280 g/mol. The van der Waals surface area contributed by atoms with E-state index in [0.717, 1.165) is 23.3 Å². The van der Waals surface area contributed by atoms with Crippen LogP contribution in [-0.4, -0.2) is 19.7 Å². The highest BCUT2D eigenvalue weighted by Gasteiger charge is 2.01. The molecule has 0 aliphatic rings. The van der Waals surface area contributed by atoms with Crippen LogP contribution in [0.5, 0.6) is 5.75 Å². The molecule has 0 heterocycles. The Kier molecular flexibility index (Phi) is 5.30. The fourth-order valence-corrected chi connectivity index (χ4v) is 1.85. The number of halogens is 2. The fourth-order valence-electron chi connectivity index (χ4n) is 1.05. The van der Waals surface area contributed by atoms with E-state index in [1.165, 1.54) is 0 Å². The van der Waals surface area contributed by atoms with Gasteiger partial charge in [0.05, 0.1) is 11.0 Å². The van der Waals surface area contributed by atoms with Crippen LogP contribution in [0.25, 0.3) is 0 Å². The number of hydrogen-bond acceptors (Lipinski definition) is 1. The second kappa shape index (κ2) is 6.27. The fraction of sp³-hybridized carbons (Fsp3) is 0.400. The molecule has 0 fully saturated rings. The summed E-state index contributed by atoms with van der Waals surface area (Å²) in [5.74, 6) is 0.846. The standard InChI is InChI=1S/C10H13BrClNO/c1-2-13-5-6-14-10-4-3-8(12)7-9(10)11/h3-4,7,13H,2,5-6H2,1H3/p+1. The number of likely N-dealkylation sites (N-methyl/N-ethyl adjacent to an activating group) is 1. The Morgan fingerprint density at radius 1 is 1.50 bits per heavy atom. The summed E-state index contributed by atoms with van der Waals surface area (Å²) < 4.78 is 6.46. The second-order valence-corrected chi connectivity index (χ2v) is 4.20. The SMILES string of the molecule is CC[NH2+]CCOc1ccc(Cl)cc1Br. The van der Waals surface area contributed by atoms with Crippen LogP contribution in [0.3, 0.4) is 0 Å². The lowest BCUT2D eigenvalue weighted by Crippen LogP contribution is -2.84. The molecular weight excluding hydrogens is 265 g/mol. The van der Waals surface area contributed by atoms with E-state index in [4.69, 9.17) is 16.3 Å². The van der Waals surface area contributed by atoms with E-state index in [-0.39, 0.29) is 0 Å². The van der Waals surface area contributed by atoms with Crippen LogP contribution >= 0.6 is 27.5 Å². The van der Waals surface area contributed by atoms with Crippen molar-refractivity contribution in [2.75, 3.05) is 19.7 Å². The molecule has 0 saturated heterocycles. The summed E-state index contributed by atoms with van der Waals surface area (Å²) in [5, 5.41) is 2.91. The summed E-state index contributed by atoms with van der Waals surface area (Å²) in [4.78, 5) is 0. The van der Waals surface area contributed by atoms with Gasteiger partial charge in [-0.2, -0.15) is 0 Å². The van der Waals surface area contributed by atoms with Crippen molar-refractivity contribution < 1.29 is 10.1 Å². The molecule has 0 aromatic heterocycles. The number of rotatable bonds is 5. The van der Waals surface area contributed by atoms with Gasteiger partial charge in [0.1, 0.15) is 18.9 Å². The van der Waals surface area contributed by atoms with Gasteiger partial charge in [-0.25, -0.2) is 0 Å². The summed E-state index contributed by atoms with van der Waals surface area (Å²) in [7, 11) is 0. The lowest BCUT2D eigenvalue weighted by atomic mass is 10.3. The number of hydrogen-bond donors (Lipinski definition) is 1. The van der Waals surface area contributed by atoms with Gasteiger partial charge < -0.3 is 10.1 Å². The van der Waals surface area contributed by atoms with Crippen molar-refractivity contribution in [1.29, 1.82) is 0 Å². The van der Waals surface area contributed by atoms with E-state index in [1.54, 1.807) is 0 Å². The molecule has 1 aromatic rings. The molecule has 0 aliphatic heterocycles. The Hall–Kier alpha value is -0.250. The molecular formula is C10H14BrClNO+. The second-order valence-electron chi connectivity index (χ2n) is 2.91. The maximum absolute atomic E-state index is 5.81. The Balaban J connectivity index is 2.42. The first-order valence-electron chi connectivity index (χ1n) is 4.63. The molecule has 1 rings (SSSR count). The predicted octanol–water partition coefficient (Wildman–Crippen LogP) is 2.06. The van der Waals surface area contributed by atoms with Gasteiger partial charge in [-0.15, -0.1) is 0 Å². The van der Waals surface area contributed by atoms with Gasteiger partial charge in [0.15, 0.2) is 0 Å². The zero-order valence-corrected chi connectivity index (χ0v) is 10.4. The van der Waals surface area contributed by atoms with Gasteiger partial charge in [-0.05, 0) is 41.1 Å². The number of nitrogens with two attached hydrogens (primary N) is 1. The maximum Gasteiger partial charge on any atom is 0.137 e. The summed E-state index contributed by atoms with van der Waals surface area (Å²) in [6, 6.07) is 5.53. The highest BCUT2D eigenvalue weighted by Crippen LogP contribution is 2.27. The molecule has 14 heavy (non-hydrogen) atoms. The molecule has 2 N–H and O–H groups in total. The van der Waals surface area contributed by atoms with E-state index in [2.05, 4.69) is 28.2 Å². The average Bonchev–Trinajstić information content (AvgIpc) is 2.15. The third kappa shape index (κ3) is 3.86. The van der Waals surface area contributed by atoms with Crippen molar-refractivity contribution in [2.24, 2.45) is 0 Å². The molecule has 0 amide bonds. The van der Waals surface area contributed by atoms with Crippen molar-refractivity contribution in [1.82, 2.24) is 0 Å². The van der Waals surface area contributed by atoms with Crippen molar-refractivity contribution >= 4 is 27.5 Å². The molecule has 0 atom stereocenters. The molecule has 0 saturated carbocycles. The van der Waals surface area contributed by atoms with Gasteiger partial charge >= 0.3 is 0 Å². The van der Waals surface area contributed by atoms with E-state index in [9.17, 15) is 0 Å². The topological polar surface area (TPSA) is 25.8 Å². The molecule has 0 bridgehead atoms. The number of ether oxygens (including phenoxy) is 1. The van der Waals surface area contributed by atoms with Crippen LogP contribution in [0.2, 0.25) is 5.02 Å². The molecule has 4 heteroatoms. The highest BCUT2D eigenvalue weighted by atomic mass is 79.9. The zero-order valence-electron chi connectivity index (χ0n) is 8.09. The molecule has 78 valence electrons. The van der Waals surface area contributed by atoms with Crippen LogP contribution in [0.15, 0.2) is 22.7 Å². The summed E-state index contributed by atoms with van der Waals surface area (Å²) in [6.45, 7) is 4.91. The zero-order chi connectivity index (χ0) is 10.4. The van der Waals surface area contributed by atoms with E-state index in [1.807, 2.05) is 18.2 Å². The monoisotopic (exact) mass is 278 g/mol. The minimum atomic E-state index is 0.712. The van der Waals surface area contributed by atoms with Crippen LogP contribution in [-0.2, 0) is 0 Å². The largest absolute Gasteiger partial charge is 0.487 e. The summed E-state index contributed by atoms with van der Waals surface area (Å²) >= 11 is 9.21. The first kappa shape index (κ1) is 11.8. The van der Waals surface area contributed by atoms with Gasteiger partial charge in [0.25, 0.3) is 0 Å². The molecule has 0 spiro atoms. The highest BCUT2D eigenvalue weighted by molar-refractivity contribution is 9.10. The van der Waals surface area contributed by atoms with Gasteiger partial charge in [-0.1, -0.05) is 11.6 Å². The van der Waals surface area contributed by atoms with Crippen molar-refractivity contribution in [3.8, 4) is 5.75 Å². The number of quaternary nitrogens is 1. The quantitative estimate of drug-likeness (QED) is 0.821. The lowest BCUT2D eigenvalue weighted by molar-refractivity contribution is -0.652. The Morgan fingerprint density at radius 2 is 2.29 bits per heavy atom. The van der Waals surface area contributed by atoms with E-state index in [0.29, 0.717) is 11.6 Å². The summed E-state index contributed by atoms with van der Waals surface area (Å²) in [5.41, 5.74) is 0. The van der Waals surface area contributed by atoms with Crippen LogP contribution in [0.1, 0.15) is 6.92 Å². The number of benzene rings is 1. The molecule has 2 nitrogen and oxygen atoms in total. The van der Waals surface area contributed by atoms with Gasteiger partial charge in [0, 0.05) is 5.02 Å². The first-order chi connectivity index (χ1) is 6.74. The third-order valence-corrected chi connectivity index (χ3v) is 2.62. The van der Waals surface area contributed by atoms with Gasteiger partial charge in [0.2, 0.25) is 0 Å². The Labute approximate surface area is 97.7 Å². The maximum atomic E-state index is 5.81. The van der Waals surface area contributed by atoms with Crippen LogP contribution in [0.4, 0.5) is 0 Å². The minimum Gasteiger partial charge on any atom is -0.487 e. The van der Waals surface area contributed by atoms with Gasteiger partial charge in [-0.3, -0.25) is 0 Å².